The molecule has 0 aliphatic rings. The summed E-state index contributed by atoms with van der Waals surface area (Å²) in [5.74, 6) is 0.482. The molecule has 0 spiro atoms. The van der Waals surface area contributed by atoms with Crippen molar-refractivity contribution < 1.29 is 4.79 Å². The van der Waals surface area contributed by atoms with Crippen LogP contribution in [0.2, 0.25) is 0 Å². The molecule has 0 fully saturated rings. The zero-order valence-corrected chi connectivity index (χ0v) is 12.1. The fourth-order valence-electron chi connectivity index (χ4n) is 1.88. The summed E-state index contributed by atoms with van der Waals surface area (Å²) >= 11 is 0. The number of nitrogens with two attached hydrogens (primary N) is 1. The number of likely N-dealkylation sites (N-methyl/N-ethyl adjacent to an activating group) is 1. The minimum absolute atomic E-state index is 0. The highest BCUT2D eigenvalue weighted by molar-refractivity contribution is 5.85. The molecule has 0 aliphatic carbocycles. The van der Waals surface area contributed by atoms with Crippen molar-refractivity contribution in [3.63, 3.8) is 0 Å². The smallest absolute Gasteiger partial charge is 0.239 e. The zero-order valence-electron chi connectivity index (χ0n) is 11.3. The Morgan fingerprint density at radius 2 is 1.83 bits per heavy atom. The first-order valence-electron chi connectivity index (χ1n) is 6.05. The third-order valence-corrected chi connectivity index (χ3v) is 2.63. The van der Waals surface area contributed by atoms with Gasteiger partial charge in [-0.05, 0) is 17.9 Å². The van der Waals surface area contributed by atoms with Gasteiger partial charge in [-0.2, -0.15) is 0 Å². The quantitative estimate of drug-likeness (QED) is 0.891. The maximum Gasteiger partial charge on any atom is 0.239 e. The fourth-order valence-corrected chi connectivity index (χ4v) is 1.88. The first-order chi connectivity index (χ1) is 8.00. The number of halogens is 1. The number of nitrogens with zero attached hydrogens (tertiary/aromatic N) is 1. The standard InChI is InChI=1S/C14H22N2O.ClH/c1-11(2)10-16(3)14(17)13(15)9-12-7-5-4-6-8-12;/h4-8,11,13H,9-10,15H2,1-3H3;1H. The molecule has 2 N–H and O–H groups in total. The number of benzene rings is 1. The van der Waals surface area contributed by atoms with Crippen molar-refractivity contribution in [3.05, 3.63) is 35.9 Å². The van der Waals surface area contributed by atoms with Crippen LogP contribution in [-0.2, 0) is 11.2 Å². The number of hydrogen-bond acceptors (Lipinski definition) is 2. The first kappa shape index (κ1) is 16.9. The topological polar surface area (TPSA) is 46.3 Å². The molecular formula is C14H23ClN2O. The molecule has 0 radical (unpaired) electrons. The summed E-state index contributed by atoms with van der Waals surface area (Å²) in [7, 11) is 1.81. The van der Waals surface area contributed by atoms with Crippen LogP contribution in [0.15, 0.2) is 30.3 Å². The highest BCUT2D eigenvalue weighted by Gasteiger charge is 2.18. The molecule has 0 saturated heterocycles. The molecule has 3 nitrogen and oxygen atoms in total. The summed E-state index contributed by atoms with van der Waals surface area (Å²) in [6.07, 6.45) is 0.599. The Hall–Kier alpha value is -1.06. The van der Waals surface area contributed by atoms with E-state index in [9.17, 15) is 4.79 Å². The van der Waals surface area contributed by atoms with Crippen LogP contribution < -0.4 is 5.73 Å². The van der Waals surface area contributed by atoms with Gasteiger partial charge in [-0.3, -0.25) is 4.79 Å². The summed E-state index contributed by atoms with van der Waals surface area (Å²) in [6, 6.07) is 9.43. The summed E-state index contributed by atoms with van der Waals surface area (Å²) in [4.78, 5) is 13.7. The van der Waals surface area contributed by atoms with E-state index in [1.807, 2.05) is 37.4 Å². The fraction of sp³-hybridized carbons (Fsp3) is 0.500. The molecule has 0 aromatic heterocycles. The summed E-state index contributed by atoms with van der Waals surface area (Å²) < 4.78 is 0. The molecule has 1 amide bonds. The van der Waals surface area contributed by atoms with Gasteiger partial charge in [0.1, 0.15) is 0 Å². The summed E-state index contributed by atoms with van der Waals surface area (Å²) in [6.45, 7) is 4.93. The lowest BCUT2D eigenvalue weighted by Crippen LogP contribution is -2.44. The van der Waals surface area contributed by atoms with Gasteiger partial charge in [0.2, 0.25) is 5.91 Å². The van der Waals surface area contributed by atoms with Crippen molar-refractivity contribution in [1.29, 1.82) is 0 Å². The molecule has 1 unspecified atom stereocenters. The van der Waals surface area contributed by atoms with E-state index >= 15 is 0 Å². The van der Waals surface area contributed by atoms with Crippen molar-refractivity contribution >= 4 is 18.3 Å². The van der Waals surface area contributed by atoms with Gasteiger partial charge in [0, 0.05) is 13.6 Å². The Kier molecular flexibility index (Phi) is 7.64. The third-order valence-electron chi connectivity index (χ3n) is 2.63. The van der Waals surface area contributed by atoms with Crippen LogP contribution in [0, 0.1) is 5.92 Å². The lowest BCUT2D eigenvalue weighted by Gasteiger charge is -2.23. The lowest BCUT2D eigenvalue weighted by molar-refractivity contribution is -0.131. The molecular weight excluding hydrogens is 248 g/mol. The van der Waals surface area contributed by atoms with Crippen molar-refractivity contribution in [2.75, 3.05) is 13.6 Å². The van der Waals surface area contributed by atoms with Crippen molar-refractivity contribution in [2.24, 2.45) is 11.7 Å². The molecule has 0 saturated carbocycles. The molecule has 4 heteroatoms. The van der Waals surface area contributed by atoms with Crippen LogP contribution >= 0.6 is 12.4 Å². The summed E-state index contributed by atoms with van der Waals surface area (Å²) in [5, 5.41) is 0. The zero-order chi connectivity index (χ0) is 12.8. The number of hydrogen-bond donors (Lipinski definition) is 1. The SMILES string of the molecule is CC(C)CN(C)C(=O)C(N)Cc1ccccc1.Cl. The number of amides is 1. The second-order valence-corrected chi connectivity index (χ2v) is 4.91. The maximum absolute atomic E-state index is 12.0. The monoisotopic (exact) mass is 270 g/mol. The van der Waals surface area contributed by atoms with Crippen LogP contribution in [0.4, 0.5) is 0 Å². The molecule has 102 valence electrons. The largest absolute Gasteiger partial charge is 0.344 e. The van der Waals surface area contributed by atoms with Crippen LogP contribution in [0.3, 0.4) is 0 Å². The van der Waals surface area contributed by atoms with E-state index in [0.717, 1.165) is 12.1 Å². The Morgan fingerprint density at radius 3 is 2.33 bits per heavy atom. The van der Waals surface area contributed by atoms with Crippen molar-refractivity contribution in [1.82, 2.24) is 4.90 Å². The maximum atomic E-state index is 12.0. The van der Waals surface area contributed by atoms with Crippen molar-refractivity contribution in [3.8, 4) is 0 Å². The second-order valence-electron chi connectivity index (χ2n) is 4.91. The highest BCUT2D eigenvalue weighted by Crippen LogP contribution is 2.05. The van der Waals surface area contributed by atoms with Gasteiger partial charge in [0.05, 0.1) is 6.04 Å². The molecule has 18 heavy (non-hydrogen) atoms. The van der Waals surface area contributed by atoms with Gasteiger partial charge in [0.25, 0.3) is 0 Å². The van der Waals surface area contributed by atoms with E-state index in [0.29, 0.717) is 12.3 Å². The minimum atomic E-state index is -0.443. The second kappa shape index (κ2) is 8.11. The van der Waals surface area contributed by atoms with E-state index in [-0.39, 0.29) is 18.3 Å². The van der Waals surface area contributed by atoms with Crippen LogP contribution in [0.1, 0.15) is 19.4 Å². The molecule has 1 aromatic rings. The predicted octanol–water partition coefficient (Wildman–Crippen LogP) is 2.09. The number of carbonyl (C=O) groups is 1. The molecule has 0 bridgehead atoms. The van der Waals surface area contributed by atoms with E-state index in [2.05, 4.69) is 13.8 Å². The molecule has 1 atom stereocenters. The minimum Gasteiger partial charge on any atom is -0.344 e. The number of rotatable bonds is 5. The van der Waals surface area contributed by atoms with Gasteiger partial charge in [-0.25, -0.2) is 0 Å². The highest BCUT2D eigenvalue weighted by atomic mass is 35.5. The molecule has 1 rings (SSSR count). The molecule has 0 aliphatic heterocycles. The van der Waals surface area contributed by atoms with E-state index in [4.69, 9.17) is 5.73 Å². The predicted molar refractivity (Wildman–Crippen MR) is 77.8 cm³/mol. The molecule has 1 aromatic carbocycles. The van der Waals surface area contributed by atoms with Gasteiger partial charge in [-0.1, -0.05) is 44.2 Å². The Morgan fingerprint density at radius 1 is 1.28 bits per heavy atom. The molecule has 0 heterocycles. The van der Waals surface area contributed by atoms with Crippen LogP contribution in [-0.4, -0.2) is 30.4 Å². The first-order valence-corrected chi connectivity index (χ1v) is 6.05. The van der Waals surface area contributed by atoms with E-state index in [1.54, 1.807) is 4.90 Å². The van der Waals surface area contributed by atoms with Crippen LogP contribution in [0.5, 0.6) is 0 Å². The van der Waals surface area contributed by atoms with Crippen LogP contribution in [0.25, 0.3) is 0 Å². The average Bonchev–Trinajstić information content (AvgIpc) is 2.28. The van der Waals surface area contributed by atoms with Gasteiger partial charge >= 0.3 is 0 Å². The summed E-state index contributed by atoms with van der Waals surface area (Å²) in [5.41, 5.74) is 7.04. The Bertz CT molecular complexity index is 354. The lowest BCUT2D eigenvalue weighted by atomic mass is 10.1. The van der Waals surface area contributed by atoms with E-state index in [1.165, 1.54) is 0 Å². The van der Waals surface area contributed by atoms with Gasteiger partial charge in [-0.15, -0.1) is 12.4 Å². The normalized spacial score (nSPS) is 11.8. The Labute approximate surface area is 116 Å². The Balaban J connectivity index is 0.00000289. The van der Waals surface area contributed by atoms with Gasteiger partial charge < -0.3 is 10.6 Å². The van der Waals surface area contributed by atoms with Crippen molar-refractivity contribution in [2.45, 2.75) is 26.3 Å². The van der Waals surface area contributed by atoms with E-state index < -0.39 is 6.04 Å². The number of carbonyl (C=O) groups excluding carboxylic acids is 1. The third kappa shape index (κ3) is 5.52. The average molecular weight is 271 g/mol. The van der Waals surface area contributed by atoms with Gasteiger partial charge in [0.15, 0.2) is 0 Å².